The van der Waals surface area contributed by atoms with Gasteiger partial charge in [0.1, 0.15) is 5.75 Å². The van der Waals surface area contributed by atoms with Crippen molar-refractivity contribution in [2.24, 2.45) is 7.05 Å². The zero-order valence-corrected chi connectivity index (χ0v) is 16.2. The Morgan fingerprint density at radius 2 is 1.41 bits per heavy atom. The fourth-order valence-corrected chi connectivity index (χ4v) is 5.72. The van der Waals surface area contributed by atoms with Gasteiger partial charge in [0, 0.05) is 12.4 Å². The molecule has 134 valence electrons. The normalized spacial score (nSPS) is 11.1. The number of ether oxygens (including phenoxy) is 1. The van der Waals surface area contributed by atoms with Crippen molar-refractivity contribution in [1.82, 2.24) is 4.57 Å². The second-order valence-electron chi connectivity index (χ2n) is 6.33. The van der Waals surface area contributed by atoms with Crippen LogP contribution in [-0.2, 0) is 7.05 Å². The molecule has 27 heavy (non-hydrogen) atoms. The molecule has 0 amide bonds. The number of benzene rings is 3. The molecule has 0 saturated carbocycles. The summed E-state index contributed by atoms with van der Waals surface area (Å²) in [4.78, 5) is 13.3. The van der Waals surface area contributed by atoms with Crippen molar-refractivity contribution in [3.8, 4) is 5.75 Å². The molecule has 0 saturated heterocycles. The molecule has 3 nitrogen and oxygen atoms in total. The van der Waals surface area contributed by atoms with E-state index in [0.717, 1.165) is 32.6 Å². The minimum atomic E-state index is -0.944. The summed E-state index contributed by atoms with van der Waals surface area (Å²) in [5, 5.41) is 4.16. The number of pyridine rings is 1. The molecule has 0 N–H and O–H groups in total. The van der Waals surface area contributed by atoms with Crippen LogP contribution in [0.5, 0.6) is 5.75 Å². The van der Waals surface area contributed by atoms with Crippen LogP contribution in [-0.4, -0.2) is 11.7 Å². The topological polar surface area (TPSA) is 31.2 Å². The standard InChI is InChI=1S/C23H20NO2P/c1-24-21-14-13-18(26-2)15-17(21)16-22(23(24)25)27(19-9-5-3-6-10-19)20-11-7-4-8-12-20/h3-16H,1-2H3. The van der Waals surface area contributed by atoms with Gasteiger partial charge in [0.25, 0.3) is 5.56 Å². The Labute approximate surface area is 159 Å². The van der Waals surface area contributed by atoms with Gasteiger partial charge in [0.15, 0.2) is 0 Å². The fraction of sp³-hybridized carbons (Fsp3) is 0.0870. The third-order valence-electron chi connectivity index (χ3n) is 4.68. The van der Waals surface area contributed by atoms with E-state index < -0.39 is 7.92 Å². The van der Waals surface area contributed by atoms with Crippen LogP contribution >= 0.6 is 7.92 Å². The highest BCUT2D eigenvalue weighted by Crippen LogP contribution is 2.32. The molecule has 3 aromatic carbocycles. The Hall–Kier alpha value is -2.90. The van der Waals surface area contributed by atoms with E-state index in [-0.39, 0.29) is 5.56 Å². The number of methoxy groups -OCH3 is 1. The second-order valence-corrected chi connectivity index (χ2v) is 8.51. The summed E-state index contributed by atoms with van der Waals surface area (Å²) in [5.74, 6) is 0.788. The molecule has 0 unspecified atom stereocenters. The summed E-state index contributed by atoms with van der Waals surface area (Å²) in [6.07, 6.45) is 0. The van der Waals surface area contributed by atoms with Gasteiger partial charge in [-0.15, -0.1) is 0 Å². The maximum Gasteiger partial charge on any atom is 0.259 e. The average molecular weight is 373 g/mol. The quantitative estimate of drug-likeness (QED) is 0.514. The van der Waals surface area contributed by atoms with Gasteiger partial charge in [0.05, 0.1) is 17.9 Å². The molecule has 0 aliphatic rings. The minimum absolute atomic E-state index is 0.0477. The predicted molar refractivity (Wildman–Crippen MR) is 114 cm³/mol. The maximum atomic E-state index is 13.3. The Balaban J connectivity index is 2.01. The molecule has 0 spiro atoms. The van der Waals surface area contributed by atoms with Gasteiger partial charge in [-0.05, 0) is 42.8 Å². The molecule has 0 bridgehead atoms. The SMILES string of the molecule is COc1ccc2c(c1)cc(P(c1ccccc1)c1ccccc1)c(=O)n2C. The highest BCUT2D eigenvalue weighted by molar-refractivity contribution is 7.79. The molecular weight excluding hydrogens is 353 g/mol. The largest absolute Gasteiger partial charge is 0.497 e. The molecule has 0 atom stereocenters. The summed E-state index contributed by atoms with van der Waals surface area (Å²) in [6, 6.07) is 28.4. The zero-order valence-electron chi connectivity index (χ0n) is 15.3. The molecule has 4 aromatic rings. The molecule has 1 heterocycles. The summed E-state index contributed by atoms with van der Waals surface area (Å²) in [5.41, 5.74) is 0.951. The number of hydrogen-bond donors (Lipinski definition) is 0. The van der Waals surface area contributed by atoms with Crippen LogP contribution in [0.15, 0.2) is 89.7 Å². The minimum Gasteiger partial charge on any atom is -0.497 e. The number of nitrogens with zero attached hydrogens (tertiary/aromatic N) is 1. The van der Waals surface area contributed by atoms with Crippen LogP contribution in [0.3, 0.4) is 0 Å². The molecule has 0 radical (unpaired) electrons. The molecular formula is C23H20NO2P. The van der Waals surface area contributed by atoms with E-state index in [9.17, 15) is 4.79 Å². The Morgan fingerprint density at radius 3 is 1.96 bits per heavy atom. The first-order chi connectivity index (χ1) is 13.2. The second kappa shape index (κ2) is 7.38. The maximum absolute atomic E-state index is 13.3. The Bertz CT molecular complexity index is 1100. The highest BCUT2D eigenvalue weighted by Gasteiger charge is 2.21. The molecule has 0 aliphatic heterocycles. The number of aromatic nitrogens is 1. The first-order valence-corrected chi connectivity index (χ1v) is 10.1. The van der Waals surface area contributed by atoms with Crippen molar-refractivity contribution in [3.63, 3.8) is 0 Å². The van der Waals surface area contributed by atoms with E-state index in [1.807, 2.05) is 67.7 Å². The lowest BCUT2D eigenvalue weighted by atomic mass is 10.2. The number of hydrogen-bond acceptors (Lipinski definition) is 2. The summed E-state index contributed by atoms with van der Waals surface area (Å²) < 4.78 is 7.12. The van der Waals surface area contributed by atoms with E-state index >= 15 is 0 Å². The van der Waals surface area contributed by atoms with Crippen LogP contribution in [0, 0.1) is 0 Å². The van der Waals surface area contributed by atoms with Gasteiger partial charge in [-0.25, -0.2) is 0 Å². The van der Waals surface area contributed by atoms with Crippen LogP contribution in [0.1, 0.15) is 0 Å². The van der Waals surface area contributed by atoms with Crippen molar-refractivity contribution in [2.75, 3.05) is 7.11 Å². The number of rotatable bonds is 4. The monoisotopic (exact) mass is 373 g/mol. The molecule has 1 aromatic heterocycles. The molecule has 4 rings (SSSR count). The number of fused-ring (bicyclic) bond motifs is 1. The first kappa shape index (κ1) is 17.5. The van der Waals surface area contributed by atoms with Gasteiger partial charge in [-0.3, -0.25) is 4.79 Å². The van der Waals surface area contributed by atoms with E-state index in [2.05, 4.69) is 24.3 Å². The molecule has 0 aliphatic carbocycles. The van der Waals surface area contributed by atoms with Crippen LogP contribution in [0.4, 0.5) is 0 Å². The molecule has 0 fully saturated rings. The molecule has 4 heteroatoms. The lowest BCUT2D eigenvalue weighted by Crippen LogP contribution is -2.36. The van der Waals surface area contributed by atoms with Crippen molar-refractivity contribution >= 4 is 34.7 Å². The van der Waals surface area contributed by atoms with E-state index in [4.69, 9.17) is 4.74 Å². The van der Waals surface area contributed by atoms with Crippen LogP contribution in [0.25, 0.3) is 10.9 Å². The van der Waals surface area contributed by atoms with Gasteiger partial charge < -0.3 is 9.30 Å². The lowest BCUT2D eigenvalue weighted by molar-refractivity contribution is 0.415. The Kier molecular flexibility index (Phi) is 4.79. The zero-order chi connectivity index (χ0) is 18.8. The number of aryl methyl sites for hydroxylation is 1. The lowest BCUT2D eigenvalue weighted by Gasteiger charge is -2.20. The average Bonchev–Trinajstić information content (AvgIpc) is 2.73. The summed E-state index contributed by atoms with van der Waals surface area (Å²) >= 11 is 0. The van der Waals surface area contributed by atoms with Crippen LogP contribution < -0.4 is 26.2 Å². The van der Waals surface area contributed by atoms with E-state index in [1.165, 1.54) is 0 Å². The van der Waals surface area contributed by atoms with Crippen molar-refractivity contribution < 1.29 is 4.74 Å². The van der Waals surface area contributed by atoms with Gasteiger partial charge in [-0.2, -0.15) is 0 Å². The van der Waals surface area contributed by atoms with Crippen LogP contribution in [0.2, 0.25) is 0 Å². The smallest absolute Gasteiger partial charge is 0.259 e. The third kappa shape index (κ3) is 3.27. The van der Waals surface area contributed by atoms with Gasteiger partial charge in [0.2, 0.25) is 0 Å². The van der Waals surface area contributed by atoms with E-state index in [0.29, 0.717) is 0 Å². The Morgan fingerprint density at radius 1 is 0.815 bits per heavy atom. The van der Waals surface area contributed by atoms with Gasteiger partial charge >= 0.3 is 0 Å². The highest BCUT2D eigenvalue weighted by atomic mass is 31.1. The summed E-state index contributed by atoms with van der Waals surface area (Å²) in [6.45, 7) is 0. The van der Waals surface area contributed by atoms with Crippen molar-refractivity contribution in [2.45, 2.75) is 0 Å². The van der Waals surface area contributed by atoms with Gasteiger partial charge in [-0.1, -0.05) is 60.7 Å². The van der Waals surface area contributed by atoms with E-state index in [1.54, 1.807) is 11.7 Å². The third-order valence-corrected chi connectivity index (χ3v) is 7.11. The summed E-state index contributed by atoms with van der Waals surface area (Å²) in [7, 11) is 2.55. The fourth-order valence-electron chi connectivity index (χ4n) is 3.31. The predicted octanol–water partition coefficient (Wildman–Crippen LogP) is 3.31. The van der Waals surface area contributed by atoms with Crippen molar-refractivity contribution in [1.29, 1.82) is 0 Å². The van der Waals surface area contributed by atoms with Crippen molar-refractivity contribution in [3.05, 3.63) is 95.3 Å². The first-order valence-electron chi connectivity index (χ1n) is 8.77.